The first-order valence-electron chi connectivity index (χ1n) is 8.76. The molecule has 0 radical (unpaired) electrons. The van der Waals surface area contributed by atoms with Crippen molar-refractivity contribution in [3.63, 3.8) is 0 Å². The lowest BCUT2D eigenvalue weighted by Crippen LogP contribution is -2.36. The van der Waals surface area contributed by atoms with Gasteiger partial charge in [-0.3, -0.25) is 25.0 Å². The zero-order valence-electron chi connectivity index (χ0n) is 15.4. The lowest BCUT2D eigenvalue weighted by atomic mass is 10.1. The third-order valence-corrected chi connectivity index (χ3v) is 5.52. The lowest BCUT2D eigenvalue weighted by Gasteiger charge is -2.26. The van der Waals surface area contributed by atoms with Gasteiger partial charge < -0.3 is 4.90 Å². The highest BCUT2D eigenvalue weighted by Gasteiger charge is 2.26. The summed E-state index contributed by atoms with van der Waals surface area (Å²) in [5, 5.41) is 14.3. The van der Waals surface area contributed by atoms with Crippen LogP contribution in [-0.2, 0) is 17.8 Å². The molecule has 0 saturated heterocycles. The van der Waals surface area contributed by atoms with Crippen LogP contribution in [0.1, 0.15) is 41.2 Å². The summed E-state index contributed by atoms with van der Waals surface area (Å²) < 4.78 is 0. The van der Waals surface area contributed by atoms with Crippen molar-refractivity contribution in [1.29, 1.82) is 0 Å². The normalized spacial score (nSPS) is 13.4. The summed E-state index contributed by atoms with van der Waals surface area (Å²) in [5.41, 5.74) is 0.396. The van der Waals surface area contributed by atoms with Crippen LogP contribution in [0.3, 0.4) is 0 Å². The van der Waals surface area contributed by atoms with Crippen molar-refractivity contribution in [1.82, 2.24) is 9.88 Å². The Bertz CT molecular complexity index is 944. The van der Waals surface area contributed by atoms with Crippen molar-refractivity contribution in [3.05, 3.63) is 49.5 Å². The molecule has 28 heavy (non-hydrogen) atoms. The molecule has 148 valence electrons. The molecule has 2 heterocycles. The molecular weight excluding hydrogens is 404 g/mol. The first kappa shape index (κ1) is 20.2. The molecule has 0 saturated carbocycles. The number of aromatic nitrogens is 1. The van der Waals surface area contributed by atoms with Crippen molar-refractivity contribution >= 4 is 45.6 Å². The van der Waals surface area contributed by atoms with Gasteiger partial charge in [0, 0.05) is 35.4 Å². The van der Waals surface area contributed by atoms with Gasteiger partial charge in [0.25, 0.3) is 11.6 Å². The molecule has 0 aliphatic carbocycles. The first-order chi connectivity index (χ1) is 13.2. The second-order valence-electron chi connectivity index (χ2n) is 6.92. The van der Waals surface area contributed by atoms with Crippen LogP contribution in [0.15, 0.2) is 18.2 Å². The average molecular weight is 423 g/mol. The lowest BCUT2D eigenvalue weighted by molar-refractivity contribution is -0.385. The maximum Gasteiger partial charge on any atom is 0.283 e. The fraction of sp³-hybridized carbons (Fsp3) is 0.389. The van der Waals surface area contributed by atoms with Gasteiger partial charge in [-0.15, -0.1) is 0 Å². The van der Waals surface area contributed by atoms with Gasteiger partial charge in [-0.25, -0.2) is 4.98 Å². The van der Waals surface area contributed by atoms with Crippen LogP contribution in [0.25, 0.3) is 0 Å². The Morgan fingerprint density at radius 3 is 2.86 bits per heavy atom. The van der Waals surface area contributed by atoms with E-state index in [9.17, 15) is 19.7 Å². The van der Waals surface area contributed by atoms with Gasteiger partial charge in [0.2, 0.25) is 5.91 Å². The maximum atomic E-state index is 12.5. The monoisotopic (exact) mass is 422 g/mol. The average Bonchev–Trinajstić information content (AvgIpc) is 3.02. The third-order valence-electron chi connectivity index (χ3n) is 4.29. The van der Waals surface area contributed by atoms with Crippen LogP contribution < -0.4 is 5.32 Å². The van der Waals surface area contributed by atoms with Crippen LogP contribution in [0.5, 0.6) is 0 Å². The Labute approximate surface area is 170 Å². The summed E-state index contributed by atoms with van der Waals surface area (Å²) in [4.78, 5) is 42.5. The predicted molar refractivity (Wildman–Crippen MR) is 107 cm³/mol. The van der Waals surface area contributed by atoms with Crippen molar-refractivity contribution < 1.29 is 14.5 Å². The topological polar surface area (TPSA) is 105 Å². The van der Waals surface area contributed by atoms with Gasteiger partial charge in [-0.1, -0.05) is 36.8 Å². The number of anilines is 1. The predicted octanol–water partition coefficient (Wildman–Crippen LogP) is 3.89. The Balaban J connectivity index is 1.74. The number of amides is 2. The minimum Gasteiger partial charge on any atom is -0.337 e. The number of halogens is 1. The highest BCUT2D eigenvalue weighted by atomic mass is 35.5. The molecule has 0 spiro atoms. The van der Waals surface area contributed by atoms with Crippen LogP contribution >= 0.6 is 22.9 Å². The number of rotatable bonds is 5. The highest BCUT2D eigenvalue weighted by Crippen LogP contribution is 2.30. The van der Waals surface area contributed by atoms with E-state index in [1.165, 1.54) is 23.5 Å². The number of hydrogen-bond donors (Lipinski definition) is 1. The van der Waals surface area contributed by atoms with Gasteiger partial charge in [-0.2, -0.15) is 0 Å². The Hall–Kier alpha value is -2.52. The zero-order chi connectivity index (χ0) is 20.4. The number of nitrogens with zero attached hydrogens (tertiary/aromatic N) is 3. The zero-order valence-corrected chi connectivity index (χ0v) is 17.0. The van der Waals surface area contributed by atoms with Gasteiger partial charge >= 0.3 is 0 Å². The van der Waals surface area contributed by atoms with E-state index >= 15 is 0 Å². The van der Waals surface area contributed by atoms with E-state index in [1.54, 1.807) is 4.90 Å². The number of nitrogens with one attached hydrogen (secondary N) is 1. The smallest absolute Gasteiger partial charge is 0.283 e. The molecule has 1 aliphatic rings. The van der Waals surface area contributed by atoms with E-state index in [0.717, 1.165) is 16.6 Å². The molecule has 3 rings (SSSR count). The second-order valence-corrected chi connectivity index (χ2v) is 8.44. The molecule has 8 nitrogen and oxygen atoms in total. The molecule has 1 aliphatic heterocycles. The minimum absolute atomic E-state index is 0.0868. The number of carbonyl (C=O) groups excluding carboxylic acids is 2. The Morgan fingerprint density at radius 1 is 1.43 bits per heavy atom. The van der Waals surface area contributed by atoms with Crippen molar-refractivity contribution in [2.24, 2.45) is 5.92 Å². The second kappa shape index (κ2) is 8.24. The van der Waals surface area contributed by atoms with Crippen LogP contribution in [-0.4, -0.2) is 33.2 Å². The summed E-state index contributed by atoms with van der Waals surface area (Å²) in [6.45, 7) is 5.07. The number of nitro benzene ring substituents is 1. The van der Waals surface area contributed by atoms with Crippen LogP contribution in [0.2, 0.25) is 5.02 Å². The minimum atomic E-state index is -0.647. The fourth-order valence-electron chi connectivity index (χ4n) is 2.95. The van der Waals surface area contributed by atoms with E-state index < -0.39 is 10.8 Å². The molecule has 1 aromatic carbocycles. The molecule has 2 amide bonds. The first-order valence-corrected chi connectivity index (χ1v) is 9.95. The van der Waals surface area contributed by atoms with Gasteiger partial charge in [0.1, 0.15) is 5.56 Å². The fourth-order valence-corrected chi connectivity index (χ4v) is 4.14. The third kappa shape index (κ3) is 4.48. The molecular formula is C18H19ClN4O4S. The summed E-state index contributed by atoms with van der Waals surface area (Å²) in [7, 11) is 0. The molecule has 0 atom stereocenters. The number of hydrogen-bond acceptors (Lipinski definition) is 6. The quantitative estimate of drug-likeness (QED) is 0.581. The number of fused-ring (bicyclic) bond motifs is 1. The Morgan fingerprint density at radius 2 is 2.18 bits per heavy atom. The van der Waals surface area contributed by atoms with E-state index in [0.29, 0.717) is 37.0 Å². The van der Waals surface area contributed by atoms with Crippen LogP contribution in [0, 0.1) is 16.0 Å². The van der Waals surface area contributed by atoms with Crippen molar-refractivity contribution in [3.8, 4) is 0 Å². The standard InChI is InChI=1S/C18H19ClN4O4S/c1-10(2)7-16(24)22-6-5-13-15(9-22)28-18(20-13)21-17(25)12-4-3-11(19)8-14(12)23(26)27/h3-4,8,10H,5-7,9H2,1-2H3,(H,20,21,25). The highest BCUT2D eigenvalue weighted by molar-refractivity contribution is 7.15. The summed E-state index contributed by atoms with van der Waals surface area (Å²) in [6, 6.07) is 3.88. The molecule has 2 aromatic rings. The van der Waals surface area contributed by atoms with E-state index in [-0.39, 0.29) is 22.2 Å². The van der Waals surface area contributed by atoms with Crippen molar-refractivity contribution in [2.45, 2.75) is 33.2 Å². The number of benzene rings is 1. The molecule has 10 heteroatoms. The van der Waals surface area contributed by atoms with Gasteiger partial charge in [0.05, 0.1) is 17.2 Å². The molecule has 1 N–H and O–H groups in total. The van der Waals surface area contributed by atoms with Gasteiger partial charge in [-0.05, 0) is 18.1 Å². The van der Waals surface area contributed by atoms with Gasteiger partial charge in [0.15, 0.2) is 5.13 Å². The van der Waals surface area contributed by atoms with E-state index in [2.05, 4.69) is 10.3 Å². The van der Waals surface area contributed by atoms with E-state index in [1.807, 2.05) is 13.8 Å². The SMILES string of the molecule is CC(C)CC(=O)N1CCc2nc(NC(=O)c3ccc(Cl)cc3[N+](=O)[O-])sc2C1. The summed E-state index contributed by atoms with van der Waals surface area (Å²) in [6.07, 6.45) is 1.12. The summed E-state index contributed by atoms with van der Waals surface area (Å²) in [5.74, 6) is -0.223. The Kier molecular flexibility index (Phi) is 5.95. The molecule has 0 bridgehead atoms. The molecule has 0 fully saturated rings. The largest absolute Gasteiger partial charge is 0.337 e. The number of carbonyl (C=O) groups is 2. The van der Waals surface area contributed by atoms with Crippen molar-refractivity contribution in [2.75, 3.05) is 11.9 Å². The number of nitro groups is 1. The van der Waals surface area contributed by atoms with Crippen LogP contribution in [0.4, 0.5) is 10.8 Å². The molecule has 1 aromatic heterocycles. The molecule has 0 unspecified atom stereocenters. The maximum absolute atomic E-state index is 12.5. The van der Waals surface area contributed by atoms with E-state index in [4.69, 9.17) is 11.6 Å². The summed E-state index contributed by atoms with van der Waals surface area (Å²) >= 11 is 7.07. The number of thiazole rings is 1.